The number of rotatable bonds is 6. The Labute approximate surface area is 154 Å². The third-order valence-electron chi connectivity index (χ3n) is 3.48. The van der Waals surface area contributed by atoms with Gasteiger partial charge in [-0.2, -0.15) is 4.98 Å². The first kappa shape index (κ1) is 17.4. The zero-order valence-electron chi connectivity index (χ0n) is 13.5. The maximum absolute atomic E-state index is 11.2. The summed E-state index contributed by atoms with van der Waals surface area (Å²) in [4.78, 5) is 18.9. The standard InChI is InChI=1S/C17H15ClN6O2/c18-12-4-6-14(7-5-12)22-17-21-10-15(24(25)26)16(23-17)20-9-11-2-1-3-13(19)8-11/h1-8,10H,9,19H2,(H2,20,21,22,23). The van der Waals surface area contributed by atoms with Crippen molar-refractivity contribution in [3.8, 4) is 0 Å². The zero-order valence-corrected chi connectivity index (χ0v) is 14.3. The summed E-state index contributed by atoms with van der Waals surface area (Å²) in [6, 6.07) is 14.2. The van der Waals surface area contributed by atoms with E-state index in [2.05, 4.69) is 20.6 Å². The van der Waals surface area contributed by atoms with Gasteiger partial charge in [-0.25, -0.2) is 4.98 Å². The van der Waals surface area contributed by atoms with Crippen LogP contribution in [0.3, 0.4) is 0 Å². The van der Waals surface area contributed by atoms with Crippen molar-refractivity contribution in [3.63, 3.8) is 0 Å². The van der Waals surface area contributed by atoms with Crippen molar-refractivity contribution in [1.29, 1.82) is 0 Å². The number of anilines is 4. The zero-order chi connectivity index (χ0) is 18.5. The van der Waals surface area contributed by atoms with Crippen molar-refractivity contribution < 1.29 is 4.92 Å². The summed E-state index contributed by atoms with van der Waals surface area (Å²) in [5.74, 6) is 0.344. The summed E-state index contributed by atoms with van der Waals surface area (Å²) in [6.07, 6.45) is 1.16. The average Bonchev–Trinajstić information content (AvgIpc) is 2.62. The van der Waals surface area contributed by atoms with Gasteiger partial charge in [-0.15, -0.1) is 0 Å². The summed E-state index contributed by atoms with van der Waals surface area (Å²) in [5, 5.41) is 17.8. The van der Waals surface area contributed by atoms with Gasteiger partial charge in [-0.3, -0.25) is 10.1 Å². The number of hydrogen-bond acceptors (Lipinski definition) is 7. The second-order valence-electron chi connectivity index (χ2n) is 5.42. The van der Waals surface area contributed by atoms with Crippen molar-refractivity contribution in [2.24, 2.45) is 0 Å². The fourth-order valence-electron chi connectivity index (χ4n) is 2.25. The second-order valence-corrected chi connectivity index (χ2v) is 5.85. The van der Waals surface area contributed by atoms with Gasteiger partial charge < -0.3 is 16.4 Å². The van der Waals surface area contributed by atoms with Crippen LogP contribution in [0.2, 0.25) is 5.02 Å². The molecule has 0 saturated heterocycles. The lowest BCUT2D eigenvalue weighted by atomic mass is 10.2. The van der Waals surface area contributed by atoms with Gasteiger partial charge in [0.05, 0.1) is 4.92 Å². The first-order chi connectivity index (χ1) is 12.5. The van der Waals surface area contributed by atoms with Gasteiger partial charge in [0.2, 0.25) is 11.8 Å². The number of aromatic nitrogens is 2. The highest BCUT2D eigenvalue weighted by molar-refractivity contribution is 6.30. The van der Waals surface area contributed by atoms with E-state index in [-0.39, 0.29) is 17.5 Å². The molecule has 0 amide bonds. The number of nitrogens with zero attached hydrogens (tertiary/aromatic N) is 3. The Morgan fingerprint density at radius 3 is 2.65 bits per heavy atom. The molecule has 2 aromatic carbocycles. The van der Waals surface area contributed by atoms with Crippen LogP contribution in [0.15, 0.2) is 54.7 Å². The van der Waals surface area contributed by atoms with Crippen LogP contribution in [0.5, 0.6) is 0 Å². The summed E-state index contributed by atoms with van der Waals surface area (Å²) < 4.78 is 0. The van der Waals surface area contributed by atoms with Gasteiger partial charge in [0, 0.05) is 22.9 Å². The number of benzene rings is 2. The molecule has 9 heteroatoms. The Hall–Kier alpha value is -3.39. The SMILES string of the molecule is Nc1cccc(CNc2nc(Nc3ccc(Cl)cc3)ncc2[N+](=O)[O-])c1. The molecule has 132 valence electrons. The van der Waals surface area contributed by atoms with Gasteiger partial charge in [0.1, 0.15) is 6.20 Å². The Morgan fingerprint density at radius 2 is 1.96 bits per heavy atom. The molecular weight excluding hydrogens is 356 g/mol. The molecule has 0 saturated carbocycles. The van der Waals surface area contributed by atoms with E-state index < -0.39 is 4.92 Å². The Morgan fingerprint density at radius 1 is 1.19 bits per heavy atom. The third-order valence-corrected chi connectivity index (χ3v) is 3.73. The summed E-state index contributed by atoms with van der Waals surface area (Å²) >= 11 is 5.85. The van der Waals surface area contributed by atoms with E-state index in [1.54, 1.807) is 36.4 Å². The Bertz CT molecular complexity index is 933. The van der Waals surface area contributed by atoms with Crippen LogP contribution in [-0.4, -0.2) is 14.9 Å². The lowest BCUT2D eigenvalue weighted by Gasteiger charge is -2.09. The highest BCUT2D eigenvalue weighted by Gasteiger charge is 2.17. The minimum absolute atomic E-state index is 0.115. The molecule has 0 aliphatic carbocycles. The van der Waals surface area contributed by atoms with Crippen molar-refractivity contribution in [2.45, 2.75) is 6.54 Å². The van der Waals surface area contributed by atoms with Gasteiger partial charge >= 0.3 is 5.69 Å². The molecule has 0 unspecified atom stereocenters. The molecule has 26 heavy (non-hydrogen) atoms. The van der Waals surface area contributed by atoms with E-state index in [0.717, 1.165) is 11.8 Å². The lowest BCUT2D eigenvalue weighted by Crippen LogP contribution is -2.08. The van der Waals surface area contributed by atoms with Crippen LogP contribution in [0.4, 0.5) is 28.8 Å². The van der Waals surface area contributed by atoms with Crippen LogP contribution in [0.1, 0.15) is 5.56 Å². The minimum Gasteiger partial charge on any atom is -0.399 e. The highest BCUT2D eigenvalue weighted by Crippen LogP contribution is 2.24. The fourth-order valence-corrected chi connectivity index (χ4v) is 2.38. The van der Waals surface area contributed by atoms with Crippen LogP contribution in [0.25, 0.3) is 0 Å². The highest BCUT2D eigenvalue weighted by atomic mass is 35.5. The topological polar surface area (TPSA) is 119 Å². The van der Waals surface area contributed by atoms with E-state index in [9.17, 15) is 10.1 Å². The number of nitrogen functional groups attached to an aromatic ring is 1. The number of nitrogens with one attached hydrogen (secondary N) is 2. The maximum Gasteiger partial charge on any atom is 0.329 e. The molecule has 0 atom stereocenters. The van der Waals surface area contributed by atoms with Gasteiger partial charge in [0.25, 0.3) is 0 Å². The number of nitro groups is 1. The largest absolute Gasteiger partial charge is 0.399 e. The predicted octanol–water partition coefficient (Wildman–Crippen LogP) is 3.98. The molecule has 3 rings (SSSR count). The second kappa shape index (κ2) is 7.66. The molecule has 8 nitrogen and oxygen atoms in total. The van der Waals surface area contributed by atoms with Crippen LogP contribution in [-0.2, 0) is 6.54 Å². The number of hydrogen-bond donors (Lipinski definition) is 3. The number of nitrogens with two attached hydrogens (primary N) is 1. The van der Waals surface area contributed by atoms with Gasteiger partial charge in [-0.05, 0) is 42.0 Å². The molecule has 0 bridgehead atoms. The lowest BCUT2D eigenvalue weighted by molar-refractivity contribution is -0.384. The van der Waals surface area contributed by atoms with Crippen LogP contribution >= 0.6 is 11.6 Å². The Balaban J connectivity index is 1.81. The van der Waals surface area contributed by atoms with Gasteiger partial charge in [0.15, 0.2) is 0 Å². The molecule has 0 fully saturated rings. The molecule has 3 aromatic rings. The van der Waals surface area contributed by atoms with Gasteiger partial charge in [-0.1, -0.05) is 23.7 Å². The monoisotopic (exact) mass is 370 g/mol. The van der Waals surface area contributed by atoms with Crippen LogP contribution in [0, 0.1) is 10.1 Å². The molecule has 1 aromatic heterocycles. The first-order valence-corrected chi connectivity index (χ1v) is 8.01. The Kier molecular flexibility index (Phi) is 5.14. The number of halogens is 1. The third kappa shape index (κ3) is 4.37. The molecule has 1 heterocycles. The summed E-state index contributed by atoms with van der Waals surface area (Å²) in [5.41, 5.74) is 7.74. The molecule has 0 aliphatic heterocycles. The van der Waals surface area contributed by atoms with Crippen molar-refractivity contribution in [1.82, 2.24) is 9.97 Å². The van der Waals surface area contributed by atoms with Crippen LogP contribution < -0.4 is 16.4 Å². The molecule has 0 radical (unpaired) electrons. The predicted molar refractivity (Wildman–Crippen MR) is 102 cm³/mol. The first-order valence-electron chi connectivity index (χ1n) is 7.63. The average molecular weight is 371 g/mol. The summed E-state index contributed by atoms with van der Waals surface area (Å²) in [6.45, 7) is 0.337. The van der Waals surface area contributed by atoms with Crippen molar-refractivity contribution in [2.75, 3.05) is 16.4 Å². The normalized spacial score (nSPS) is 10.3. The molecule has 4 N–H and O–H groups in total. The smallest absolute Gasteiger partial charge is 0.329 e. The van der Waals surface area contributed by atoms with Crippen molar-refractivity contribution in [3.05, 3.63) is 75.4 Å². The van der Waals surface area contributed by atoms with E-state index >= 15 is 0 Å². The molecule has 0 spiro atoms. The van der Waals surface area contributed by atoms with E-state index in [4.69, 9.17) is 17.3 Å². The van der Waals surface area contributed by atoms with E-state index in [0.29, 0.717) is 22.9 Å². The summed E-state index contributed by atoms with van der Waals surface area (Å²) in [7, 11) is 0. The molecular formula is C17H15ClN6O2. The van der Waals surface area contributed by atoms with Crippen molar-refractivity contribution >= 4 is 40.4 Å². The van der Waals surface area contributed by atoms with E-state index in [1.807, 2.05) is 12.1 Å². The maximum atomic E-state index is 11.2. The minimum atomic E-state index is -0.534. The molecule has 0 aliphatic rings. The van der Waals surface area contributed by atoms with E-state index in [1.165, 1.54) is 0 Å². The quantitative estimate of drug-likeness (QED) is 0.341. The fraction of sp³-hybridized carbons (Fsp3) is 0.0588.